The minimum atomic E-state index is -4.76. The van der Waals surface area contributed by atoms with Crippen molar-refractivity contribution in [1.29, 1.82) is 0 Å². The van der Waals surface area contributed by atoms with Gasteiger partial charge in [-0.15, -0.1) is 0 Å². The predicted octanol–water partition coefficient (Wildman–Crippen LogP) is 2.87. The molecule has 9 heteroatoms. The number of hydrogen-bond acceptors (Lipinski definition) is 5. The third-order valence-electron chi connectivity index (χ3n) is 4.85. The molecule has 3 heterocycles. The van der Waals surface area contributed by atoms with Crippen LogP contribution < -0.4 is 15.2 Å². The number of halogens is 3. The van der Waals surface area contributed by atoms with Gasteiger partial charge in [0, 0.05) is 25.3 Å². The molecule has 1 N–H and O–H groups in total. The Morgan fingerprint density at radius 3 is 2.93 bits per heavy atom. The molecule has 0 unspecified atom stereocenters. The monoisotopic (exact) mass is 381 g/mol. The lowest BCUT2D eigenvalue weighted by Crippen LogP contribution is -2.28. The number of alkyl halides is 3. The predicted molar refractivity (Wildman–Crippen MR) is 90.7 cm³/mol. The van der Waals surface area contributed by atoms with Gasteiger partial charge in [0.2, 0.25) is 0 Å². The summed E-state index contributed by atoms with van der Waals surface area (Å²) in [4.78, 5) is 13.2. The Labute approximate surface area is 152 Å². The van der Waals surface area contributed by atoms with E-state index in [-0.39, 0.29) is 24.9 Å². The molecule has 2 aliphatic heterocycles. The van der Waals surface area contributed by atoms with Crippen LogP contribution in [0.15, 0.2) is 29.2 Å². The minimum Gasteiger partial charge on any atom is -0.491 e. The fraction of sp³-hybridized carbons (Fsp3) is 0.444. The summed E-state index contributed by atoms with van der Waals surface area (Å²) in [6, 6.07) is 5.47. The summed E-state index contributed by atoms with van der Waals surface area (Å²) in [7, 11) is 0. The van der Waals surface area contributed by atoms with Crippen LogP contribution in [0.1, 0.15) is 29.5 Å². The first kappa shape index (κ1) is 17.8. The summed E-state index contributed by atoms with van der Waals surface area (Å²) in [5.41, 5.74) is -1.01. The highest BCUT2D eigenvalue weighted by molar-refractivity contribution is 5.58. The molecule has 1 saturated heterocycles. The van der Waals surface area contributed by atoms with E-state index in [1.807, 2.05) is 17.2 Å². The summed E-state index contributed by atoms with van der Waals surface area (Å²) in [6.07, 6.45) is -1.73. The van der Waals surface area contributed by atoms with Crippen molar-refractivity contribution < 1.29 is 22.6 Å². The summed E-state index contributed by atoms with van der Waals surface area (Å²) in [6.45, 7) is 1.60. The van der Waals surface area contributed by atoms with Crippen molar-refractivity contribution >= 4 is 5.69 Å². The minimum absolute atomic E-state index is 0.0482. The maximum absolute atomic E-state index is 13.4. The second kappa shape index (κ2) is 6.88. The number of fused-ring (bicyclic) bond motifs is 1. The lowest BCUT2D eigenvalue weighted by atomic mass is 10.1. The molecule has 0 amide bonds. The highest BCUT2D eigenvalue weighted by atomic mass is 19.4. The molecule has 144 valence electrons. The molecule has 0 spiro atoms. The number of rotatable bonds is 4. The zero-order chi connectivity index (χ0) is 19.0. The van der Waals surface area contributed by atoms with Crippen molar-refractivity contribution in [2.45, 2.75) is 38.2 Å². The maximum Gasteiger partial charge on any atom is 0.423 e. The average Bonchev–Trinajstić information content (AvgIpc) is 3.28. The van der Waals surface area contributed by atoms with E-state index in [1.165, 1.54) is 4.90 Å². The van der Waals surface area contributed by atoms with Crippen molar-refractivity contribution in [3.8, 4) is 5.75 Å². The van der Waals surface area contributed by atoms with Gasteiger partial charge in [-0.3, -0.25) is 4.79 Å². The Kier molecular flexibility index (Phi) is 4.55. The molecule has 0 aliphatic carbocycles. The van der Waals surface area contributed by atoms with Crippen molar-refractivity contribution in [3.63, 3.8) is 0 Å². The number of ether oxygens (including phenoxy) is 2. The van der Waals surface area contributed by atoms with Crippen molar-refractivity contribution in [1.82, 2.24) is 10.2 Å². The highest BCUT2D eigenvalue weighted by Crippen LogP contribution is 2.39. The van der Waals surface area contributed by atoms with E-state index in [2.05, 4.69) is 5.10 Å². The van der Waals surface area contributed by atoms with Crippen molar-refractivity contribution in [3.05, 3.63) is 51.4 Å². The molecule has 27 heavy (non-hydrogen) atoms. The summed E-state index contributed by atoms with van der Waals surface area (Å²) >= 11 is 0. The fourth-order valence-electron chi connectivity index (χ4n) is 3.56. The molecule has 6 nitrogen and oxygen atoms in total. The smallest absolute Gasteiger partial charge is 0.423 e. The number of benzene rings is 1. The van der Waals surface area contributed by atoms with E-state index in [0.717, 1.165) is 36.8 Å². The van der Waals surface area contributed by atoms with E-state index in [1.54, 1.807) is 6.07 Å². The number of aromatic nitrogens is 2. The van der Waals surface area contributed by atoms with Crippen LogP contribution in [-0.4, -0.2) is 29.5 Å². The first-order valence-electron chi connectivity index (χ1n) is 8.68. The van der Waals surface area contributed by atoms with Gasteiger partial charge in [0.1, 0.15) is 17.9 Å². The zero-order valence-electron chi connectivity index (χ0n) is 14.4. The van der Waals surface area contributed by atoms with E-state index < -0.39 is 17.3 Å². The Morgan fingerprint density at radius 2 is 2.19 bits per heavy atom. The average molecular weight is 381 g/mol. The van der Waals surface area contributed by atoms with Gasteiger partial charge >= 0.3 is 6.18 Å². The molecule has 0 radical (unpaired) electrons. The molecular weight excluding hydrogens is 363 g/mol. The Balaban J connectivity index is 1.59. The molecule has 0 saturated carbocycles. The number of anilines is 1. The molecule has 2 aromatic rings. The number of hydrogen-bond donors (Lipinski definition) is 1. The van der Waals surface area contributed by atoms with Crippen molar-refractivity contribution in [2.75, 3.05) is 18.1 Å². The summed E-state index contributed by atoms with van der Waals surface area (Å²) in [5.74, 6) is 0.636. The van der Waals surface area contributed by atoms with Crippen LogP contribution in [0.25, 0.3) is 0 Å². The van der Waals surface area contributed by atoms with Gasteiger partial charge in [0.05, 0.1) is 18.0 Å². The second-order valence-electron chi connectivity index (χ2n) is 6.65. The van der Waals surface area contributed by atoms with Crippen LogP contribution in [0.2, 0.25) is 0 Å². The molecule has 4 rings (SSSR count). The van der Waals surface area contributed by atoms with E-state index in [4.69, 9.17) is 9.47 Å². The number of H-pyrrole nitrogens is 1. The lowest BCUT2D eigenvalue weighted by molar-refractivity contribution is -0.138. The van der Waals surface area contributed by atoms with Crippen LogP contribution in [0.3, 0.4) is 0 Å². The molecule has 1 aromatic carbocycles. The second-order valence-corrected chi connectivity index (χ2v) is 6.65. The Morgan fingerprint density at radius 1 is 1.33 bits per heavy atom. The molecule has 0 bridgehead atoms. The van der Waals surface area contributed by atoms with Gasteiger partial charge in [-0.25, -0.2) is 5.10 Å². The number of aromatic amines is 1. The van der Waals surface area contributed by atoms with Gasteiger partial charge in [0.25, 0.3) is 5.56 Å². The maximum atomic E-state index is 13.4. The normalized spacial score (nSPS) is 19.4. The lowest BCUT2D eigenvalue weighted by Gasteiger charge is -2.21. The zero-order valence-corrected chi connectivity index (χ0v) is 14.4. The standard InChI is InChI=1S/C18H18F3N3O3/c19-18(20,21)16-14(7-22-23-17(16)25)24-8-11-3-1-5-15(13(11)9-24)27-10-12-4-2-6-26-12/h1,3,5,7,12H,2,4,6,8-10H2,(H,23,25)/t12-/m1/s1. The fourth-order valence-corrected chi connectivity index (χ4v) is 3.56. The molecule has 1 aromatic heterocycles. The summed E-state index contributed by atoms with van der Waals surface area (Å²) < 4.78 is 51.5. The molecule has 1 atom stereocenters. The van der Waals surface area contributed by atoms with Crippen LogP contribution >= 0.6 is 0 Å². The Bertz CT molecular complexity index is 891. The van der Waals surface area contributed by atoms with Gasteiger partial charge in [-0.2, -0.15) is 18.3 Å². The van der Waals surface area contributed by atoms with Crippen LogP contribution in [-0.2, 0) is 24.0 Å². The first-order chi connectivity index (χ1) is 12.9. The molecular formula is C18H18F3N3O3. The van der Waals surface area contributed by atoms with Crippen LogP contribution in [0, 0.1) is 0 Å². The largest absolute Gasteiger partial charge is 0.491 e. The van der Waals surface area contributed by atoms with Gasteiger partial charge in [-0.05, 0) is 24.5 Å². The topological polar surface area (TPSA) is 67.5 Å². The molecule has 2 aliphatic rings. The van der Waals surface area contributed by atoms with E-state index >= 15 is 0 Å². The number of nitrogens with one attached hydrogen (secondary N) is 1. The van der Waals surface area contributed by atoms with Crippen molar-refractivity contribution in [2.24, 2.45) is 0 Å². The number of nitrogens with zero attached hydrogens (tertiary/aromatic N) is 2. The molecule has 1 fully saturated rings. The summed E-state index contributed by atoms with van der Waals surface area (Å²) in [5, 5.41) is 5.41. The van der Waals surface area contributed by atoms with Gasteiger partial charge in [0.15, 0.2) is 0 Å². The highest BCUT2D eigenvalue weighted by Gasteiger charge is 2.39. The third-order valence-corrected chi connectivity index (χ3v) is 4.85. The van der Waals surface area contributed by atoms with Crippen LogP contribution in [0.4, 0.5) is 18.9 Å². The van der Waals surface area contributed by atoms with E-state index in [9.17, 15) is 18.0 Å². The van der Waals surface area contributed by atoms with Gasteiger partial charge < -0.3 is 14.4 Å². The quantitative estimate of drug-likeness (QED) is 0.882. The third kappa shape index (κ3) is 3.51. The van der Waals surface area contributed by atoms with E-state index in [0.29, 0.717) is 12.4 Å². The Hall–Kier alpha value is -2.55. The first-order valence-corrected chi connectivity index (χ1v) is 8.68. The van der Waals surface area contributed by atoms with Gasteiger partial charge in [-0.1, -0.05) is 12.1 Å². The SMILES string of the molecule is O=c1[nH]ncc(N2Cc3cccc(OC[C@H]4CCCO4)c3C2)c1C(F)(F)F. The van der Waals surface area contributed by atoms with Crippen LogP contribution in [0.5, 0.6) is 5.75 Å².